The molecule has 0 aliphatic heterocycles. The van der Waals surface area contributed by atoms with E-state index in [0.29, 0.717) is 0 Å². The zero-order valence-electron chi connectivity index (χ0n) is 28.2. The number of anilines is 3. The molecular formula is C48H27NO3S. The maximum Gasteiger partial charge on any atom is 0.144 e. The Labute approximate surface area is 306 Å². The van der Waals surface area contributed by atoms with Gasteiger partial charge in [-0.1, -0.05) is 78.9 Å². The fourth-order valence-electron chi connectivity index (χ4n) is 8.29. The summed E-state index contributed by atoms with van der Waals surface area (Å²) in [6.07, 6.45) is 0. The molecule has 248 valence electrons. The summed E-state index contributed by atoms with van der Waals surface area (Å²) in [6, 6.07) is 57.7. The van der Waals surface area contributed by atoms with Crippen molar-refractivity contribution in [2.75, 3.05) is 4.90 Å². The fraction of sp³-hybridized carbons (Fsp3) is 0. The van der Waals surface area contributed by atoms with Gasteiger partial charge in [0.2, 0.25) is 0 Å². The highest BCUT2D eigenvalue weighted by molar-refractivity contribution is 7.26. The second-order valence-electron chi connectivity index (χ2n) is 13.6. The van der Waals surface area contributed by atoms with Crippen LogP contribution in [0, 0.1) is 0 Å². The van der Waals surface area contributed by atoms with E-state index >= 15 is 0 Å². The van der Waals surface area contributed by atoms with E-state index in [4.69, 9.17) is 13.3 Å². The second kappa shape index (κ2) is 10.8. The average Bonchev–Trinajstić information content (AvgIpc) is 3.97. The van der Waals surface area contributed by atoms with Crippen molar-refractivity contribution in [1.29, 1.82) is 0 Å². The normalized spacial score (nSPS) is 12.2. The van der Waals surface area contributed by atoms with Crippen LogP contribution >= 0.6 is 11.3 Å². The molecule has 0 spiro atoms. The van der Waals surface area contributed by atoms with Crippen LogP contribution in [-0.2, 0) is 0 Å². The van der Waals surface area contributed by atoms with Gasteiger partial charge in [-0.3, -0.25) is 0 Å². The van der Waals surface area contributed by atoms with Gasteiger partial charge in [0.05, 0.1) is 0 Å². The van der Waals surface area contributed by atoms with Crippen LogP contribution in [0.25, 0.3) is 97.1 Å². The lowest BCUT2D eigenvalue weighted by Crippen LogP contribution is -2.10. The summed E-state index contributed by atoms with van der Waals surface area (Å²) >= 11 is 1.81. The van der Waals surface area contributed by atoms with Crippen LogP contribution in [-0.4, -0.2) is 0 Å². The van der Waals surface area contributed by atoms with E-state index in [1.165, 1.54) is 25.7 Å². The molecule has 4 nitrogen and oxygen atoms in total. The average molecular weight is 698 g/mol. The molecule has 0 radical (unpaired) electrons. The van der Waals surface area contributed by atoms with Crippen molar-refractivity contribution < 1.29 is 13.3 Å². The summed E-state index contributed by atoms with van der Waals surface area (Å²) < 4.78 is 21.9. The Kier molecular flexibility index (Phi) is 5.90. The Morgan fingerprint density at radius 2 is 0.887 bits per heavy atom. The highest BCUT2D eigenvalue weighted by atomic mass is 32.1. The largest absolute Gasteiger partial charge is 0.456 e. The fourth-order valence-corrected chi connectivity index (χ4v) is 9.42. The van der Waals surface area contributed by atoms with E-state index in [9.17, 15) is 0 Å². The monoisotopic (exact) mass is 697 g/mol. The molecule has 0 amide bonds. The first-order chi connectivity index (χ1) is 26.2. The van der Waals surface area contributed by atoms with Crippen LogP contribution in [0.4, 0.5) is 17.1 Å². The minimum atomic E-state index is 0.846. The topological polar surface area (TPSA) is 42.7 Å². The Morgan fingerprint density at radius 3 is 1.57 bits per heavy atom. The quantitative estimate of drug-likeness (QED) is 0.184. The van der Waals surface area contributed by atoms with Gasteiger partial charge in [-0.15, -0.1) is 11.3 Å². The van der Waals surface area contributed by atoms with Gasteiger partial charge in [0, 0.05) is 81.7 Å². The van der Waals surface area contributed by atoms with E-state index < -0.39 is 0 Å². The molecule has 8 aromatic carbocycles. The van der Waals surface area contributed by atoms with E-state index in [2.05, 4.69) is 138 Å². The summed E-state index contributed by atoms with van der Waals surface area (Å²) in [4.78, 5) is 2.30. The summed E-state index contributed by atoms with van der Waals surface area (Å²) in [7, 11) is 0. The summed E-state index contributed by atoms with van der Waals surface area (Å²) in [5, 5.41) is 9.08. The maximum absolute atomic E-state index is 6.60. The molecule has 53 heavy (non-hydrogen) atoms. The number of nitrogens with zero attached hydrogens (tertiary/aromatic N) is 1. The zero-order chi connectivity index (χ0) is 34.6. The van der Waals surface area contributed by atoms with Crippen molar-refractivity contribution in [3.8, 4) is 11.1 Å². The van der Waals surface area contributed by atoms with Gasteiger partial charge in [-0.05, 0) is 83.9 Å². The lowest BCUT2D eigenvalue weighted by molar-refractivity contribution is 0.669. The zero-order valence-corrected chi connectivity index (χ0v) is 29.0. The molecule has 0 bridgehead atoms. The number of furan rings is 3. The third-order valence-corrected chi connectivity index (χ3v) is 11.8. The van der Waals surface area contributed by atoms with Gasteiger partial charge < -0.3 is 18.2 Å². The van der Waals surface area contributed by atoms with Gasteiger partial charge >= 0.3 is 0 Å². The van der Waals surface area contributed by atoms with E-state index in [1.54, 1.807) is 0 Å². The molecule has 0 saturated heterocycles. The van der Waals surface area contributed by atoms with Crippen LogP contribution in [0.5, 0.6) is 0 Å². The number of thiophene rings is 1. The minimum absolute atomic E-state index is 0.846. The Balaban J connectivity index is 1.09. The number of rotatable bonds is 4. The summed E-state index contributed by atoms with van der Waals surface area (Å²) in [5.41, 5.74) is 10.6. The van der Waals surface area contributed by atoms with Gasteiger partial charge in [0.25, 0.3) is 0 Å². The maximum atomic E-state index is 6.60. The highest BCUT2D eigenvalue weighted by Crippen LogP contribution is 2.47. The number of fused-ring (bicyclic) bond motifs is 13. The van der Waals surface area contributed by atoms with Crippen molar-refractivity contribution in [3.05, 3.63) is 164 Å². The number of benzene rings is 8. The van der Waals surface area contributed by atoms with Gasteiger partial charge in [-0.2, -0.15) is 0 Å². The van der Waals surface area contributed by atoms with Crippen LogP contribution in [0.2, 0.25) is 0 Å². The summed E-state index contributed by atoms with van der Waals surface area (Å²) in [5.74, 6) is 0. The third kappa shape index (κ3) is 4.23. The van der Waals surface area contributed by atoms with Crippen LogP contribution in [0.1, 0.15) is 0 Å². The van der Waals surface area contributed by atoms with Crippen LogP contribution in [0.15, 0.2) is 177 Å². The molecule has 0 atom stereocenters. The molecule has 0 unspecified atom stereocenters. The smallest absolute Gasteiger partial charge is 0.144 e. The highest BCUT2D eigenvalue weighted by Gasteiger charge is 2.21. The van der Waals surface area contributed by atoms with Gasteiger partial charge in [-0.25, -0.2) is 0 Å². The first-order valence-electron chi connectivity index (χ1n) is 17.7. The molecule has 12 aromatic rings. The minimum Gasteiger partial charge on any atom is -0.456 e. The number of hydrogen-bond donors (Lipinski definition) is 0. The molecule has 4 aromatic heterocycles. The molecule has 0 N–H and O–H groups in total. The first-order valence-corrected chi connectivity index (χ1v) is 18.6. The molecule has 0 aliphatic rings. The first kappa shape index (κ1) is 28.8. The number of hydrogen-bond acceptors (Lipinski definition) is 5. The molecule has 12 rings (SSSR count). The molecule has 5 heteroatoms. The molecular weight excluding hydrogens is 671 g/mol. The lowest BCUT2D eigenvalue weighted by atomic mass is 9.98. The van der Waals surface area contributed by atoms with E-state index in [-0.39, 0.29) is 0 Å². The standard InChI is InChI=1S/C48H27NO3S/c1-4-15-39-33(11-1)36-21-19-30(26-42(36)50-39)49(31-20-22-37-34-12-2-5-16-40(34)51-43(37)27-31)29-10-7-9-28(25-29)32-14-8-18-44-46(32)47-45(53-44)24-23-38-35-13-3-6-17-41(35)52-48(38)47/h1-27H. The molecule has 0 fully saturated rings. The third-order valence-electron chi connectivity index (χ3n) is 10.7. The Bertz CT molecular complexity index is 3320. The van der Waals surface area contributed by atoms with E-state index in [0.717, 1.165) is 88.4 Å². The lowest BCUT2D eigenvalue weighted by Gasteiger charge is -2.26. The van der Waals surface area contributed by atoms with Crippen LogP contribution in [0.3, 0.4) is 0 Å². The SMILES string of the molecule is c1cc(-c2cccc3sc4ccc5c6ccccc6oc5c4c23)cc(N(c2ccc3c(c2)oc2ccccc23)c2ccc3c(c2)oc2ccccc23)c1. The number of para-hydroxylation sites is 3. The van der Waals surface area contributed by atoms with Crippen molar-refractivity contribution in [2.24, 2.45) is 0 Å². The van der Waals surface area contributed by atoms with E-state index in [1.807, 2.05) is 41.7 Å². The van der Waals surface area contributed by atoms with Gasteiger partial charge in [0.15, 0.2) is 0 Å². The molecule has 0 aliphatic carbocycles. The van der Waals surface area contributed by atoms with Crippen LogP contribution < -0.4 is 4.90 Å². The predicted molar refractivity (Wildman–Crippen MR) is 221 cm³/mol. The Hall–Kier alpha value is -6.82. The second-order valence-corrected chi connectivity index (χ2v) is 14.7. The van der Waals surface area contributed by atoms with Crippen molar-refractivity contribution in [3.63, 3.8) is 0 Å². The van der Waals surface area contributed by atoms with Crippen molar-refractivity contribution in [2.45, 2.75) is 0 Å². The summed E-state index contributed by atoms with van der Waals surface area (Å²) in [6.45, 7) is 0. The Morgan fingerprint density at radius 1 is 0.358 bits per heavy atom. The van der Waals surface area contributed by atoms with Gasteiger partial charge in [0.1, 0.15) is 33.5 Å². The van der Waals surface area contributed by atoms with Crippen molar-refractivity contribution >= 4 is 114 Å². The molecule has 4 heterocycles. The molecule has 0 saturated carbocycles. The van der Waals surface area contributed by atoms with Crippen molar-refractivity contribution in [1.82, 2.24) is 0 Å². The predicted octanol–water partition coefficient (Wildman–Crippen LogP) is 14.9.